The van der Waals surface area contributed by atoms with Crippen LogP contribution in [0, 0.1) is 10.1 Å². The molecule has 1 aliphatic carbocycles. The fourth-order valence-electron chi connectivity index (χ4n) is 4.06. The highest BCUT2D eigenvalue weighted by Crippen LogP contribution is 2.44. The molecule has 1 atom stereocenters. The summed E-state index contributed by atoms with van der Waals surface area (Å²) in [5.74, 6) is -1.73. The molecule has 1 amide bonds. The van der Waals surface area contributed by atoms with Crippen LogP contribution in [0.3, 0.4) is 0 Å². The Morgan fingerprint density at radius 2 is 1.50 bits per heavy atom. The monoisotopic (exact) mass is 431 g/mol. The highest BCUT2D eigenvalue weighted by Gasteiger charge is 2.29. The molecule has 0 saturated heterocycles. The molecule has 0 heterocycles. The van der Waals surface area contributed by atoms with E-state index in [2.05, 4.69) is 5.32 Å². The van der Waals surface area contributed by atoms with E-state index < -0.39 is 23.0 Å². The summed E-state index contributed by atoms with van der Waals surface area (Å²) in [5, 5.41) is 25.0. The van der Waals surface area contributed by atoms with Crippen molar-refractivity contribution in [3.8, 4) is 11.1 Å². The molecular formula is C24H19N2O6-. The molecule has 0 radical (unpaired) electrons. The molecule has 1 N–H and O–H groups in total. The number of nitro benzene ring substituents is 1. The lowest BCUT2D eigenvalue weighted by Crippen LogP contribution is -2.49. The molecule has 162 valence electrons. The van der Waals surface area contributed by atoms with E-state index in [1.807, 2.05) is 48.5 Å². The predicted molar refractivity (Wildman–Crippen MR) is 114 cm³/mol. The second-order valence-electron chi connectivity index (χ2n) is 7.43. The largest absolute Gasteiger partial charge is 0.548 e. The Hall–Kier alpha value is -4.20. The molecule has 4 rings (SSSR count). The van der Waals surface area contributed by atoms with E-state index in [4.69, 9.17) is 4.74 Å². The maximum absolute atomic E-state index is 12.4. The number of ether oxygens (including phenoxy) is 1. The summed E-state index contributed by atoms with van der Waals surface area (Å²) in [6.45, 7) is 0.0190. The average Bonchev–Trinajstić information content (AvgIpc) is 3.11. The zero-order valence-corrected chi connectivity index (χ0v) is 16.9. The average molecular weight is 431 g/mol. The molecule has 3 aromatic rings. The number of nitro groups is 1. The van der Waals surface area contributed by atoms with Crippen molar-refractivity contribution in [2.45, 2.75) is 18.4 Å². The van der Waals surface area contributed by atoms with Crippen LogP contribution in [0.1, 0.15) is 22.6 Å². The highest BCUT2D eigenvalue weighted by molar-refractivity contribution is 5.80. The number of aliphatic carboxylic acids is 1. The van der Waals surface area contributed by atoms with E-state index >= 15 is 0 Å². The van der Waals surface area contributed by atoms with Gasteiger partial charge in [0.1, 0.15) is 6.61 Å². The van der Waals surface area contributed by atoms with Crippen LogP contribution in [-0.2, 0) is 16.0 Å². The van der Waals surface area contributed by atoms with Gasteiger partial charge in [-0.25, -0.2) is 4.79 Å². The van der Waals surface area contributed by atoms with Crippen LogP contribution >= 0.6 is 0 Å². The van der Waals surface area contributed by atoms with Crippen molar-refractivity contribution in [2.75, 3.05) is 6.61 Å². The van der Waals surface area contributed by atoms with Crippen molar-refractivity contribution in [1.29, 1.82) is 0 Å². The summed E-state index contributed by atoms with van der Waals surface area (Å²) in [7, 11) is 0. The van der Waals surface area contributed by atoms with E-state index in [9.17, 15) is 24.8 Å². The van der Waals surface area contributed by atoms with E-state index in [1.165, 1.54) is 18.2 Å². The van der Waals surface area contributed by atoms with Crippen molar-refractivity contribution in [1.82, 2.24) is 5.32 Å². The van der Waals surface area contributed by atoms with Crippen molar-refractivity contribution < 1.29 is 24.4 Å². The minimum atomic E-state index is -1.56. The second-order valence-corrected chi connectivity index (χ2v) is 7.43. The molecule has 8 heteroatoms. The molecule has 32 heavy (non-hydrogen) atoms. The van der Waals surface area contributed by atoms with E-state index in [0.717, 1.165) is 22.3 Å². The van der Waals surface area contributed by atoms with E-state index in [-0.39, 0.29) is 30.2 Å². The zero-order chi connectivity index (χ0) is 22.7. The second kappa shape index (κ2) is 8.89. The van der Waals surface area contributed by atoms with Gasteiger partial charge in [-0.05, 0) is 22.3 Å². The topological polar surface area (TPSA) is 122 Å². The fourth-order valence-corrected chi connectivity index (χ4v) is 4.06. The Labute approximate surface area is 183 Å². The van der Waals surface area contributed by atoms with Gasteiger partial charge in [0.15, 0.2) is 0 Å². The molecular weight excluding hydrogens is 412 g/mol. The van der Waals surface area contributed by atoms with Crippen LogP contribution in [0.4, 0.5) is 10.5 Å². The molecule has 0 aromatic heterocycles. The first kappa shape index (κ1) is 21.0. The summed E-state index contributed by atoms with van der Waals surface area (Å²) in [5.41, 5.74) is 4.14. The lowest BCUT2D eigenvalue weighted by atomic mass is 9.98. The first-order valence-electron chi connectivity index (χ1n) is 10.0. The third-order valence-electron chi connectivity index (χ3n) is 5.53. The van der Waals surface area contributed by atoms with Gasteiger partial charge in [-0.15, -0.1) is 0 Å². The van der Waals surface area contributed by atoms with Gasteiger partial charge in [0.25, 0.3) is 5.69 Å². The molecule has 0 saturated carbocycles. The number of nitrogens with zero attached hydrogens (tertiary/aromatic N) is 1. The van der Waals surface area contributed by atoms with Gasteiger partial charge in [0, 0.05) is 24.0 Å². The minimum absolute atomic E-state index is 0.0190. The maximum Gasteiger partial charge on any atom is 0.407 e. The normalized spacial score (nSPS) is 13.0. The third kappa shape index (κ3) is 4.15. The van der Waals surface area contributed by atoms with Gasteiger partial charge in [-0.2, -0.15) is 0 Å². The summed E-state index contributed by atoms with van der Waals surface area (Å²) >= 11 is 0. The van der Waals surface area contributed by atoms with Crippen molar-refractivity contribution in [3.63, 3.8) is 0 Å². The molecule has 8 nitrogen and oxygen atoms in total. The maximum atomic E-state index is 12.4. The number of benzene rings is 3. The molecule has 0 aliphatic heterocycles. The Bertz CT molecular complexity index is 1150. The number of rotatable bonds is 7. The Kier molecular flexibility index (Phi) is 5.85. The number of carboxylic acids is 1. The SMILES string of the molecule is O=C(N[C@H](Cc1ccccc1[N+](=O)[O-])C(=O)[O-])OCC1c2ccccc2-c2ccccc21. The van der Waals surface area contributed by atoms with Gasteiger partial charge >= 0.3 is 6.09 Å². The fraction of sp³-hybridized carbons (Fsp3) is 0.167. The number of fused-ring (bicyclic) bond motifs is 3. The predicted octanol–water partition coefficient (Wildman–Crippen LogP) is 2.79. The molecule has 3 aromatic carbocycles. The number of hydrogen-bond donors (Lipinski definition) is 1. The number of amides is 1. The van der Waals surface area contributed by atoms with Gasteiger partial charge in [-0.1, -0.05) is 66.7 Å². The number of carbonyl (C=O) groups excluding carboxylic acids is 2. The summed E-state index contributed by atoms with van der Waals surface area (Å²) in [6.07, 6.45) is -1.23. The van der Waals surface area contributed by atoms with E-state index in [0.29, 0.717) is 0 Å². The summed E-state index contributed by atoms with van der Waals surface area (Å²) in [4.78, 5) is 34.5. The minimum Gasteiger partial charge on any atom is -0.548 e. The number of alkyl carbamates (subject to hydrolysis) is 1. The first-order valence-corrected chi connectivity index (χ1v) is 10.0. The van der Waals surface area contributed by atoms with Gasteiger partial charge in [0.2, 0.25) is 0 Å². The molecule has 0 spiro atoms. The van der Waals surface area contributed by atoms with Crippen molar-refractivity contribution >= 4 is 17.7 Å². The number of hydrogen-bond acceptors (Lipinski definition) is 6. The lowest BCUT2D eigenvalue weighted by molar-refractivity contribution is -0.385. The molecule has 0 bridgehead atoms. The Balaban J connectivity index is 1.45. The van der Waals surface area contributed by atoms with Crippen LogP contribution in [0.15, 0.2) is 72.8 Å². The zero-order valence-electron chi connectivity index (χ0n) is 16.9. The molecule has 1 aliphatic rings. The highest BCUT2D eigenvalue weighted by atomic mass is 16.6. The van der Waals surface area contributed by atoms with Crippen LogP contribution < -0.4 is 10.4 Å². The Morgan fingerprint density at radius 1 is 0.938 bits per heavy atom. The Morgan fingerprint density at radius 3 is 2.09 bits per heavy atom. The van der Waals surface area contributed by atoms with Crippen molar-refractivity contribution in [2.24, 2.45) is 0 Å². The van der Waals surface area contributed by atoms with Crippen molar-refractivity contribution in [3.05, 3.63) is 99.6 Å². The summed E-state index contributed by atoms with van der Waals surface area (Å²) < 4.78 is 5.36. The number of para-hydroxylation sites is 1. The van der Waals surface area contributed by atoms with Gasteiger partial charge < -0.3 is 20.0 Å². The molecule has 0 fully saturated rings. The number of nitrogens with one attached hydrogen (secondary N) is 1. The summed E-state index contributed by atoms with van der Waals surface area (Å²) in [6, 6.07) is 19.9. The third-order valence-corrected chi connectivity index (χ3v) is 5.53. The first-order chi connectivity index (χ1) is 15.5. The lowest BCUT2D eigenvalue weighted by Gasteiger charge is -2.21. The molecule has 0 unspecified atom stereocenters. The van der Waals surface area contributed by atoms with Gasteiger partial charge in [0.05, 0.1) is 16.9 Å². The standard InChI is InChI=1S/C24H20N2O6/c27-23(28)21(13-15-7-1-6-12-22(15)26(30)31)25-24(29)32-14-20-18-10-4-2-8-16(18)17-9-3-5-11-19(17)20/h1-12,20-21H,13-14H2,(H,25,29)(H,27,28)/p-1/t21-/m1/s1. The van der Waals surface area contributed by atoms with E-state index in [1.54, 1.807) is 6.07 Å². The number of carboxylic acid groups (broad SMARTS) is 1. The smallest absolute Gasteiger partial charge is 0.407 e. The van der Waals surface area contributed by atoms with Crippen LogP contribution in [0.5, 0.6) is 0 Å². The van der Waals surface area contributed by atoms with Crippen LogP contribution in [0.25, 0.3) is 11.1 Å². The number of carbonyl (C=O) groups is 2. The van der Waals surface area contributed by atoms with Crippen LogP contribution in [0.2, 0.25) is 0 Å². The van der Waals surface area contributed by atoms with Crippen LogP contribution in [-0.4, -0.2) is 29.6 Å². The van der Waals surface area contributed by atoms with Gasteiger partial charge in [-0.3, -0.25) is 10.1 Å². The quantitative estimate of drug-likeness (QED) is 0.453.